The lowest BCUT2D eigenvalue weighted by Gasteiger charge is -2.26. The van der Waals surface area contributed by atoms with Gasteiger partial charge in [0.15, 0.2) is 0 Å². The molecule has 3 nitrogen and oxygen atoms in total. The molecule has 114 valence electrons. The number of carbonyl (C=O) groups excluding carboxylic acids is 1. The maximum atomic E-state index is 12.2. The summed E-state index contributed by atoms with van der Waals surface area (Å²) in [7, 11) is 0. The van der Waals surface area contributed by atoms with E-state index in [4.69, 9.17) is 18.0 Å². The van der Waals surface area contributed by atoms with Crippen molar-refractivity contribution < 1.29 is 4.79 Å². The number of hydrogen-bond donors (Lipinski definition) is 1. The molecule has 4 heteroatoms. The summed E-state index contributed by atoms with van der Waals surface area (Å²) in [5, 5.41) is 0. The summed E-state index contributed by atoms with van der Waals surface area (Å²) in [5.41, 5.74) is 9.00. The van der Waals surface area contributed by atoms with E-state index in [-0.39, 0.29) is 11.3 Å². The van der Waals surface area contributed by atoms with Crippen LogP contribution in [-0.4, -0.2) is 22.3 Å². The molecule has 0 bridgehead atoms. The van der Waals surface area contributed by atoms with Crippen molar-refractivity contribution >= 4 is 23.1 Å². The minimum Gasteiger partial charge on any atom is -0.389 e. The fourth-order valence-electron chi connectivity index (χ4n) is 2.74. The quantitative estimate of drug-likeness (QED) is 0.873. The predicted molar refractivity (Wildman–Crippen MR) is 90.0 cm³/mol. The minimum atomic E-state index is 0.176. The Hall–Kier alpha value is -1.42. The number of hydrogen-bond acceptors (Lipinski definition) is 2. The third-order valence-electron chi connectivity index (χ3n) is 4.43. The van der Waals surface area contributed by atoms with Crippen LogP contribution in [0.3, 0.4) is 0 Å². The third kappa shape index (κ3) is 3.62. The van der Waals surface area contributed by atoms with Crippen LogP contribution in [0.15, 0.2) is 18.2 Å². The molecule has 2 rings (SSSR count). The SMILES string of the molecule is Cc1cc(C(N)=S)ccc1CN1CC(C(C)(C)C)CC1=O. The van der Waals surface area contributed by atoms with Crippen LogP contribution in [0.4, 0.5) is 0 Å². The molecule has 0 aliphatic carbocycles. The molecule has 2 N–H and O–H groups in total. The molecule has 1 aromatic rings. The first-order chi connectivity index (χ1) is 9.68. The number of thiocarbonyl (C=S) groups is 1. The smallest absolute Gasteiger partial charge is 0.223 e. The van der Waals surface area contributed by atoms with Gasteiger partial charge in [0.25, 0.3) is 0 Å². The molecule has 1 heterocycles. The highest BCUT2D eigenvalue weighted by atomic mass is 32.1. The number of likely N-dealkylation sites (tertiary alicyclic amines) is 1. The molecule has 1 fully saturated rings. The van der Waals surface area contributed by atoms with Crippen molar-refractivity contribution in [2.45, 2.75) is 40.7 Å². The van der Waals surface area contributed by atoms with Crippen LogP contribution in [0.25, 0.3) is 0 Å². The van der Waals surface area contributed by atoms with Crippen molar-refractivity contribution in [3.05, 3.63) is 34.9 Å². The number of nitrogens with two attached hydrogens (primary N) is 1. The average Bonchev–Trinajstić information content (AvgIpc) is 2.73. The number of nitrogens with zero attached hydrogens (tertiary/aromatic N) is 1. The number of amides is 1. The van der Waals surface area contributed by atoms with Gasteiger partial charge in [-0.1, -0.05) is 45.1 Å². The molecule has 1 atom stereocenters. The van der Waals surface area contributed by atoms with Crippen LogP contribution >= 0.6 is 12.2 Å². The minimum absolute atomic E-state index is 0.176. The maximum absolute atomic E-state index is 12.2. The normalized spacial score (nSPS) is 19.1. The molecular weight excluding hydrogens is 280 g/mol. The van der Waals surface area contributed by atoms with Crippen molar-refractivity contribution in [3.63, 3.8) is 0 Å². The second kappa shape index (κ2) is 5.76. The topological polar surface area (TPSA) is 46.3 Å². The highest BCUT2D eigenvalue weighted by molar-refractivity contribution is 7.80. The second-order valence-corrected chi connectivity index (χ2v) is 7.49. The zero-order valence-corrected chi connectivity index (χ0v) is 14.1. The molecule has 0 spiro atoms. The summed E-state index contributed by atoms with van der Waals surface area (Å²) in [6.45, 7) is 10.2. The fourth-order valence-corrected chi connectivity index (χ4v) is 2.86. The van der Waals surface area contributed by atoms with Gasteiger partial charge in [-0.3, -0.25) is 4.79 Å². The van der Waals surface area contributed by atoms with E-state index in [1.165, 1.54) is 0 Å². The number of carbonyl (C=O) groups is 1. The first kappa shape index (κ1) is 16.0. The Balaban J connectivity index is 2.12. The van der Waals surface area contributed by atoms with Crippen LogP contribution in [-0.2, 0) is 11.3 Å². The summed E-state index contributed by atoms with van der Waals surface area (Å²) >= 11 is 5.00. The first-order valence-corrected chi connectivity index (χ1v) is 7.76. The first-order valence-electron chi connectivity index (χ1n) is 7.35. The Morgan fingerprint density at radius 3 is 2.57 bits per heavy atom. The lowest BCUT2D eigenvalue weighted by atomic mass is 9.80. The third-order valence-corrected chi connectivity index (χ3v) is 4.66. The zero-order chi connectivity index (χ0) is 15.8. The van der Waals surface area contributed by atoms with Gasteiger partial charge in [0, 0.05) is 25.1 Å². The van der Waals surface area contributed by atoms with E-state index >= 15 is 0 Å². The molecule has 0 saturated carbocycles. The van der Waals surface area contributed by atoms with Gasteiger partial charge in [0.2, 0.25) is 5.91 Å². The Morgan fingerprint density at radius 2 is 2.10 bits per heavy atom. The standard InChI is InChI=1S/C17H24N2OS/c1-11-7-12(16(18)21)5-6-13(11)9-19-10-14(8-15(19)20)17(2,3)4/h5-7,14H,8-10H2,1-4H3,(H2,18,21). The van der Waals surface area contributed by atoms with Gasteiger partial charge in [-0.25, -0.2) is 0 Å². The van der Waals surface area contributed by atoms with Gasteiger partial charge in [0.1, 0.15) is 4.99 Å². The van der Waals surface area contributed by atoms with Gasteiger partial charge >= 0.3 is 0 Å². The van der Waals surface area contributed by atoms with Gasteiger partial charge < -0.3 is 10.6 Å². The summed E-state index contributed by atoms with van der Waals surface area (Å²) in [6.07, 6.45) is 0.660. The Labute approximate surface area is 132 Å². The monoisotopic (exact) mass is 304 g/mol. The van der Waals surface area contributed by atoms with E-state index in [0.29, 0.717) is 23.9 Å². The molecule has 0 aromatic heterocycles. The molecule has 21 heavy (non-hydrogen) atoms. The van der Waals surface area contributed by atoms with Gasteiger partial charge in [-0.05, 0) is 35.4 Å². The molecular formula is C17H24N2OS. The number of rotatable bonds is 3. The lowest BCUT2D eigenvalue weighted by molar-refractivity contribution is -0.128. The van der Waals surface area contributed by atoms with E-state index in [1.807, 2.05) is 30.0 Å². The van der Waals surface area contributed by atoms with Gasteiger partial charge in [-0.15, -0.1) is 0 Å². The second-order valence-electron chi connectivity index (χ2n) is 7.05. The van der Waals surface area contributed by atoms with E-state index < -0.39 is 0 Å². The van der Waals surface area contributed by atoms with Gasteiger partial charge in [-0.2, -0.15) is 0 Å². The molecule has 1 aliphatic rings. The molecule has 1 aromatic carbocycles. The van der Waals surface area contributed by atoms with Crippen molar-refractivity contribution in [3.8, 4) is 0 Å². The predicted octanol–water partition coefficient (Wildman–Crippen LogP) is 3.02. The maximum Gasteiger partial charge on any atom is 0.223 e. The Bertz CT molecular complexity index is 575. The van der Waals surface area contributed by atoms with Crippen LogP contribution in [0, 0.1) is 18.3 Å². The lowest BCUT2D eigenvalue weighted by Crippen LogP contribution is -2.27. The highest BCUT2D eigenvalue weighted by Crippen LogP contribution is 2.35. The average molecular weight is 304 g/mol. The molecule has 1 aliphatic heterocycles. The fraction of sp³-hybridized carbons (Fsp3) is 0.529. The molecule has 1 unspecified atom stereocenters. The van der Waals surface area contributed by atoms with Crippen molar-refractivity contribution in [1.82, 2.24) is 4.90 Å². The van der Waals surface area contributed by atoms with E-state index in [9.17, 15) is 4.79 Å². The summed E-state index contributed by atoms with van der Waals surface area (Å²) in [5.74, 6) is 0.689. The summed E-state index contributed by atoms with van der Waals surface area (Å²) < 4.78 is 0. The Kier molecular flexibility index (Phi) is 4.38. The molecule has 1 amide bonds. The number of aryl methyl sites for hydroxylation is 1. The summed E-state index contributed by atoms with van der Waals surface area (Å²) in [4.78, 5) is 14.6. The van der Waals surface area contributed by atoms with Crippen LogP contribution < -0.4 is 5.73 Å². The Morgan fingerprint density at radius 1 is 1.43 bits per heavy atom. The van der Waals surface area contributed by atoms with E-state index in [1.54, 1.807) is 0 Å². The highest BCUT2D eigenvalue weighted by Gasteiger charge is 2.36. The summed E-state index contributed by atoms with van der Waals surface area (Å²) in [6, 6.07) is 5.97. The van der Waals surface area contributed by atoms with Crippen molar-refractivity contribution in [1.29, 1.82) is 0 Å². The van der Waals surface area contributed by atoms with Crippen molar-refractivity contribution in [2.75, 3.05) is 6.54 Å². The zero-order valence-electron chi connectivity index (χ0n) is 13.3. The van der Waals surface area contributed by atoms with E-state index in [2.05, 4.69) is 20.8 Å². The van der Waals surface area contributed by atoms with Crippen molar-refractivity contribution in [2.24, 2.45) is 17.1 Å². The van der Waals surface area contributed by atoms with Crippen LogP contribution in [0.5, 0.6) is 0 Å². The number of benzene rings is 1. The molecule has 1 saturated heterocycles. The van der Waals surface area contributed by atoms with E-state index in [0.717, 1.165) is 23.2 Å². The van der Waals surface area contributed by atoms with Gasteiger partial charge in [0.05, 0.1) is 0 Å². The van der Waals surface area contributed by atoms with Crippen LogP contribution in [0.1, 0.15) is 43.9 Å². The molecule has 0 radical (unpaired) electrons. The largest absolute Gasteiger partial charge is 0.389 e. The van der Waals surface area contributed by atoms with Crippen LogP contribution in [0.2, 0.25) is 0 Å².